The molecule has 0 aromatic heterocycles. The molecular weight excluding hydrogens is 246 g/mol. The maximum absolute atomic E-state index is 11.5. The number of carbonyl (C=O) groups excluding carboxylic acids is 2. The first-order valence-electron chi connectivity index (χ1n) is 5.33. The molecule has 2 amide bonds. The van der Waals surface area contributed by atoms with Gasteiger partial charge < -0.3 is 4.74 Å². The average molecular weight is 261 g/mol. The highest BCUT2D eigenvalue weighted by Gasteiger charge is 2.33. The van der Waals surface area contributed by atoms with E-state index in [4.69, 9.17) is 17.0 Å². The van der Waals surface area contributed by atoms with E-state index in [2.05, 4.69) is 6.92 Å². The van der Waals surface area contributed by atoms with Crippen molar-refractivity contribution in [3.63, 3.8) is 0 Å². The molecule has 1 saturated heterocycles. The minimum atomic E-state index is -0.628. The number of hydrogen-bond acceptors (Lipinski definition) is 5. The molecule has 0 aromatic rings. The number of ether oxygens (including phenoxy) is 1. The molecule has 0 spiro atoms. The van der Waals surface area contributed by atoms with Crippen LogP contribution in [-0.4, -0.2) is 33.6 Å². The average Bonchev–Trinajstić information content (AvgIpc) is 2.58. The van der Waals surface area contributed by atoms with Crippen molar-refractivity contribution in [3.05, 3.63) is 0 Å². The first kappa shape index (κ1) is 13.4. The van der Waals surface area contributed by atoms with Crippen molar-refractivity contribution in [1.82, 2.24) is 4.90 Å². The summed E-state index contributed by atoms with van der Waals surface area (Å²) in [6, 6.07) is 0. The van der Waals surface area contributed by atoms with Crippen LogP contribution >= 0.6 is 24.0 Å². The molecule has 16 heavy (non-hydrogen) atoms. The number of thiocarbonyl (C=S) groups is 1. The van der Waals surface area contributed by atoms with Crippen LogP contribution in [0.1, 0.15) is 32.6 Å². The highest BCUT2D eigenvalue weighted by Crippen LogP contribution is 2.20. The van der Waals surface area contributed by atoms with Gasteiger partial charge in [-0.25, -0.2) is 4.79 Å². The lowest BCUT2D eigenvalue weighted by Gasteiger charge is -2.12. The van der Waals surface area contributed by atoms with Gasteiger partial charge in [0, 0.05) is 0 Å². The van der Waals surface area contributed by atoms with Crippen LogP contribution in [-0.2, 0) is 9.53 Å². The van der Waals surface area contributed by atoms with Gasteiger partial charge in [0.05, 0.1) is 12.4 Å². The monoisotopic (exact) mass is 261 g/mol. The largest absolute Gasteiger partial charge is 0.449 e. The molecule has 1 heterocycles. The Morgan fingerprint density at radius 3 is 2.81 bits per heavy atom. The van der Waals surface area contributed by atoms with Gasteiger partial charge in [0.1, 0.15) is 0 Å². The number of hydrogen-bond donors (Lipinski definition) is 0. The summed E-state index contributed by atoms with van der Waals surface area (Å²) >= 11 is 6.08. The predicted molar refractivity (Wildman–Crippen MR) is 67.4 cm³/mol. The van der Waals surface area contributed by atoms with Crippen LogP contribution in [0, 0.1) is 0 Å². The van der Waals surface area contributed by atoms with E-state index in [0.717, 1.165) is 30.6 Å². The third kappa shape index (κ3) is 3.75. The number of carbonyl (C=O) groups is 2. The van der Waals surface area contributed by atoms with Crippen LogP contribution in [0.4, 0.5) is 4.79 Å². The maximum atomic E-state index is 11.5. The fraction of sp³-hybridized carbons (Fsp3) is 0.700. The number of thioether (sulfide) groups is 1. The normalized spacial score (nSPS) is 15.7. The quantitative estimate of drug-likeness (QED) is 0.562. The van der Waals surface area contributed by atoms with Crippen molar-refractivity contribution in [2.24, 2.45) is 0 Å². The zero-order valence-corrected chi connectivity index (χ0v) is 10.9. The lowest BCUT2D eigenvalue weighted by molar-refractivity contribution is -0.122. The molecule has 0 radical (unpaired) electrons. The Hall–Kier alpha value is -0.620. The van der Waals surface area contributed by atoms with E-state index in [-0.39, 0.29) is 11.7 Å². The van der Waals surface area contributed by atoms with E-state index >= 15 is 0 Å². The first-order chi connectivity index (χ1) is 7.66. The molecule has 0 saturated carbocycles. The van der Waals surface area contributed by atoms with Gasteiger partial charge in [0.15, 0.2) is 4.32 Å². The summed E-state index contributed by atoms with van der Waals surface area (Å²) in [7, 11) is 0. The Kier molecular flexibility index (Phi) is 5.76. The van der Waals surface area contributed by atoms with Gasteiger partial charge in [-0.1, -0.05) is 50.2 Å². The summed E-state index contributed by atoms with van der Waals surface area (Å²) in [5.41, 5.74) is 0. The molecule has 1 fully saturated rings. The van der Waals surface area contributed by atoms with Gasteiger partial charge in [0.2, 0.25) is 5.91 Å². The molecular formula is C10H15NO3S2. The second kappa shape index (κ2) is 6.85. The number of amides is 2. The van der Waals surface area contributed by atoms with Gasteiger partial charge in [-0.3, -0.25) is 4.79 Å². The molecule has 4 nitrogen and oxygen atoms in total. The zero-order valence-electron chi connectivity index (χ0n) is 9.23. The molecule has 90 valence electrons. The number of unbranched alkanes of at least 4 members (excludes halogenated alkanes) is 3. The fourth-order valence-corrected chi connectivity index (χ4v) is 2.32. The highest BCUT2D eigenvalue weighted by atomic mass is 32.2. The molecule has 1 aliphatic rings. The van der Waals surface area contributed by atoms with Crippen molar-refractivity contribution in [1.29, 1.82) is 0 Å². The van der Waals surface area contributed by atoms with Gasteiger partial charge in [-0.15, -0.1) is 0 Å². The summed E-state index contributed by atoms with van der Waals surface area (Å²) in [5, 5.41) is 0. The first-order valence-corrected chi connectivity index (χ1v) is 6.72. The minimum Gasteiger partial charge on any atom is -0.449 e. The molecule has 0 aliphatic carbocycles. The van der Waals surface area contributed by atoms with Crippen molar-refractivity contribution >= 4 is 40.3 Å². The second-order valence-electron chi connectivity index (χ2n) is 3.46. The third-order valence-corrected chi connectivity index (χ3v) is 3.51. The molecule has 0 atom stereocenters. The molecule has 6 heteroatoms. The summed E-state index contributed by atoms with van der Waals surface area (Å²) in [4.78, 5) is 23.7. The Labute approximate surface area is 105 Å². The molecule has 0 aromatic carbocycles. The van der Waals surface area contributed by atoms with Crippen molar-refractivity contribution in [2.75, 3.05) is 12.4 Å². The van der Waals surface area contributed by atoms with Gasteiger partial charge in [-0.05, 0) is 6.42 Å². The topological polar surface area (TPSA) is 46.6 Å². The molecule has 0 N–H and O–H groups in total. The van der Waals surface area contributed by atoms with Crippen LogP contribution in [0.3, 0.4) is 0 Å². The lowest BCUT2D eigenvalue weighted by Crippen LogP contribution is -2.35. The molecule has 1 rings (SSSR count). The zero-order chi connectivity index (χ0) is 12.0. The Balaban J connectivity index is 2.24. The Bertz CT molecular complexity index is 278. The van der Waals surface area contributed by atoms with Gasteiger partial charge in [0.25, 0.3) is 0 Å². The minimum absolute atomic E-state index is 0.240. The van der Waals surface area contributed by atoms with Gasteiger partial charge in [-0.2, -0.15) is 4.90 Å². The summed E-state index contributed by atoms with van der Waals surface area (Å²) in [6.07, 6.45) is 3.52. The second-order valence-corrected chi connectivity index (χ2v) is 5.07. The van der Waals surface area contributed by atoms with E-state index in [9.17, 15) is 9.59 Å². The van der Waals surface area contributed by atoms with Crippen LogP contribution in [0.15, 0.2) is 0 Å². The maximum Gasteiger partial charge on any atom is 0.422 e. The Morgan fingerprint density at radius 1 is 1.50 bits per heavy atom. The Morgan fingerprint density at radius 2 is 2.25 bits per heavy atom. The van der Waals surface area contributed by atoms with Crippen LogP contribution in [0.2, 0.25) is 0 Å². The smallest absolute Gasteiger partial charge is 0.422 e. The molecule has 0 unspecified atom stereocenters. The van der Waals surface area contributed by atoms with Crippen molar-refractivity contribution in [2.45, 2.75) is 32.6 Å². The van der Waals surface area contributed by atoms with E-state index in [1.54, 1.807) is 0 Å². The van der Waals surface area contributed by atoms with E-state index in [1.165, 1.54) is 11.8 Å². The molecule has 1 aliphatic heterocycles. The summed E-state index contributed by atoms with van der Waals surface area (Å²) < 4.78 is 5.27. The predicted octanol–water partition coefficient (Wildman–Crippen LogP) is 2.56. The van der Waals surface area contributed by atoms with E-state index in [1.807, 2.05) is 0 Å². The van der Waals surface area contributed by atoms with Crippen LogP contribution in [0.25, 0.3) is 0 Å². The van der Waals surface area contributed by atoms with Crippen molar-refractivity contribution < 1.29 is 14.3 Å². The SMILES string of the molecule is CCCCCCOC(=O)N1C(=O)CSC1=S. The number of imide groups is 1. The van der Waals surface area contributed by atoms with Crippen LogP contribution < -0.4 is 0 Å². The van der Waals surface area contributed by atoms with Gasteiger partial charge >= 0.3 is 6.09 Å². The van der Waals surface area contributed by atoms with E-state index < -0.39 is 6.09 Å². The van der Waals surface area contributed by atoms with Crippen LogP contribution in [0.5, 0.6) is 0 Å². The fourth-order valence-electron chi connectivity index (χ4n) is 1.28. The highest BCUT2D eigenvalue weighted by molar-refractivity contribution is 8.24. The van der Waals surface area contributed by atoms with Crippen molar-refractivity contribution in [3.8, 4) is 0 Å². The third-order valence-electron chi connectivity index (χ3n) is 2.16. The van der Waals surface area contributed by atoms with E-state index in [0.29, 0.717) is 10.9 Å². The molecule has 0 bridgehead atoms. The summed E-state index contributed by atoms with van der Waals surface area (Å²) in [5.74, 6) is -0.0439. The number of rotatable bonds is 5. The summed E-state index contributed by atoms with van der Waals surface area (Å²) in [6.45, 7) is 2.47. The standard InChI is InChI=1S/C10H15NO3S2/c1-2-3-4-5-6-14-9(13)11-8(12)7-16-10(11)15/h2-7H2,1H3. The number of nitrogens with zero attached hydrogens (tertiary/aromatic N) is 1. The lowest BCUT2D eigenvalue weighted by atomic mass is 10.2.